The average molecular weight is 236 g/mol. The van der Waals surface area contributed by atoms with Crippen LogP contribution in [-0.4, -0.2) is 33.3 Å². The number of aromatic nitrogens is 1. The zero-order valence-electron chi connectivity index (χ0n) is 9.73. The van der Waals surface area contributed by atoms with Crippen molar-refractivity contribution in [3.63, 3.8) is 0 Å². The van der Waals surface area contributed by atoms with Gasteiger partial charge in [0.15, 0.2) is 0 Å². The van der Waals surface area contributed by atoms with E-state index in [4.69, 9.17) is 5.11 Å². The molecule has 0 unspecified atom stereocenters. The molecular formula is C12H16N2O3. The van der Waals surface area contributed by atoms with Gasteiger partial charge in [0.2, 0.25) is 0 Å². The highest BCUT2D eigenvalue weighted by Gasteiger charge is 2.42. The zero-order chi connectivity index (χ0) is 12.5. The van der Waals surface area contributed by atoms with Crippen LogP contribution in [0.15, 0.2) is 12.1 Å². The Hall–Kier alpha value is -1.62. The van der Waals surface area contributed by atoms with Crippen LogP contribution >= 0.6 is 0 Å². The molecule has 0 aromatic carbocycles. The molecule has 3 N–H and O–H groups in total. The van der Waals surface area contributed by atoms with Gasteiger partial charge in [0, 0.05) is 5.69 Å². The van der Waals surface area contributed by atoms with Crippen molar-refractivity contribution in [2.45, 2.75) is 31.7 Å². The number of aliphatic hydroxyl groups excluding tert-OH is 1. The normalized spacial score (nSPS) is 16.6. The van der Waals surface area contributed by atoms with E-state index in [1.165, 1.54) is 6.07 Å². The van der Waals surface area contributed by atoms with Crippen molar-refractivity contribution in [3.8, 4) is 0 Å². The summed E-state index contributed by atoms with van der Waals surface area (Å²) in [6.45, 7) is 1.98. The highest BCUT2D eigenvalue weighted by atomic mass is 16.4. The molecule has 0 spiro atoms. The number of pyridine rings is 1. The molecule has 1 heterocycles. The number of carboxylic acid groups (broad SMARTS) is 1. The Labute approximate surface area is 99.5 Å². The maximum absolute atomic E-state index is 11.0. The molecule has 1 aliphatic rings. The first-order valence-electron chi connectivity index (χ1n) is 5.72. The number of carbonyl (C=O) groups is 1. The number of aliphatic hydroxyl groups is 1. The summed E-state index contributed by atoms with van der Waals surface area (Å²) in [6, 6.07) is 3.09. The van der Waals surface area contributed by atoms with Crippen LogP contribution in [0, 0.1) is 0 Å². The Morgan fingerprint density at radius 1 is 1.53 bits per heavy atom. The highest BCUT2D eigenvalue weighted by Crippen LogP contribution is 2.38. The summed E-state index contributed by atoms with van der Waals surface area (Å²) < 4.78 is 0. The molecule has 0 amide bonds. The van der Waals surface area contributed by atoms with Gasteiger partial charge in [0.1, 0.15) is 5.82 Å². The second-order valence-electron chi connectivity index (χ2n) is 4.45. The van der Waals surface area contributed by atoms with Gasteiger partial charge >= 0.3 is 5.97 Å². The first kappa shape index (κ1) is 11.9. The van der Waals surface area contributed by atoms with Crippen LogP contribution in [0.5, 0.6) is 0 Å². The molecule has 1 saturated carbocycles. The van der Waals surface area contributed by atoms with Gasteiger partial charge in [-0.25, -0.2) is 9.78 Å². The molecule has 1 aromatic heterocycles. The topological polar surface area (TPSA) is 82.5 Å². The van der Waals surface area contributed by atoms with E-state index in [-0.39, 0.29) is 17.7 Å². The first-order chi connectivity index (χ1) is 8.08. The molecule has 1 aliphatic carbocycles. The van der Waals surface area contributed by atoms with Crippen LogP contribution in [0.2, 0.25) is 0 Å². The Morgan fingerprint density at radius 2 is 2.24 bits per heavy atom. The van der Waals surface area contributed by atoms with Gasteiger partial charge in [0.25, 0.3) is 0 Å². The minimum atomic E-state index is -0.959. The Kier molecular flexibility index (Phi) is 3.02. The van der Waals surface area contributed by atoms with Gasteiger partial charge in [-0.3, -0.25) is 0 Å². The summed E-state index contributed by atoms with van der Waals surface area (Å²) in [4.78, 5) is 15.3. The van der Waals surface area contributed by atoms with Crippen LogP contribution in [-0.2, 0) is 6.42 Å². The predicted molar refractivity (Wildman–Crippen MR) is 63.2 cm³/mol. The van der Waals surface area contributed by atoms with Crippen molar-refractivity contribution in [2.75, 3.05) is 11.9 Å². The molecule has 0 bridgehead atoms. The van der Waals surface area contributed by atoms with E-state index in [9.17, 15) is 9.90 Å². The molecule has 17 heavy (non-hydrogen) atoms. The Morgan fingerprint density at radius 3 is 2.71 bits per heavy atom. The second kappa shape index (κ2) is 4.33. The number of hydrogen-bond donors (Lipinski definition) is 3. The van der Waals surface area contributed by atoms with Crippen molar-refractivity contribution in [3.05, 3.63) is 23.4 Å². The first-order valence-corrected chi connectivity index (χ1v) is 5.72. The molecule has 2 rings (SSSR count). The lowest BCUT2D eigenvalue weighted by Crippen LogP contribution is -2.26. The lowest BCUT2D eigenvalue weighted by atomic mass is 10.2. The largest absolute Gasteiger partial charge is 0.478 e. The highest BCUT2D eigenvalue weighted by molar-refractivity contribution is 5.88. The SMILES string of the molecule is CCc1cc(C(=O)O)cc(NC2(CO)CC2)n1. The summed E-state index contributed by atoms with van der Waals surface area (Å²) in [5.41, 5.74) is 0.684. The van der Waals surface area contributed by atoms with Gasteiger partial charge in [-0.1, -0.05) is 6.92 Å². The molecule has 5 nitrogen and oxygen atoms in total. The minimum Gasteiger partial charge on any atom is -0.478 e. The van der Waals surface area contributed by atoms with E-state index in [1.807, 2.05) is 6.92 Å². The smallest absolute Gasteiger partial charge is 0.335 e. The van der Waals surface area contributed by atoms with E-state index in [1.54, 1.807) is 6.07 Å². The molecule has 0 atom stereocenters. The molecule has 0 saturated heterocycles. The fourth-order valence-corrected chi connectivity index (χ4v) is 1.70. The van der Waals surface area contributed by atoms with Crippen molar-refractivity contribution < 1.29 is 15.0 Å². The van der Waals surface area contributed by atoms with Gasteiger partial charge in [0.05, 0.1) is 17.7 Å². The summed E-state index contributed by atoms with van der Waals surface area (Å²) in [5, 5.41) is 21.3. The summed E-state index contributed by atoms with van der Waals surface area (Å²) >= 11 is 0. The quantitative estimate of drug-likeness (QED) is 0.717. The number of nitrogens with zero attached hydrogens (tertiary/aromatic N) is 1. The third kappa shape index (κ3) is 2.55. The van der Waals surface area contributed by atoms with Crippen molar-refractivity contribution in [1.82, 2.24) is 4.98 Å². The Balaban J connectivity index is 2.26. The fraction of sp³-hybridized carbons (Fsp3) is 0.500. The predicted octanol–water partition coefficient (Wildman–Crippen LogP) is 1.28. The van der Waals surface area contributed by atoms with Gasteiger partial charge in [-0.15, -0.1) is 0 Å². The molecule has 0 aliphatic heterocycles. The van der Waals surface area contributed by atoms with Crippen LogP contribution in [0.1, 0.15) is 35.8 Å². The molecule has 1 fully saturated rings. The van der Waals surface area contributed by atoms with Crippen molar-refractivity contribution in [2.24, 2.45) is 0 Å². The molecule has 0 radical (unpaired) electrons. The average Bonchev–Trinajstić information content (AvgIpc) is 3.09. The Bertz CT molecular complexity index is 441. The van der Waals surface area contributed by atoms with E-state index >= 15 is 0 Å². The van der Waals surface area contributed by atoms with Gasteiger partial charge in [-0.2, -0.15) is 0 Å². The monoisotopic (exact) mass is 236 g/mol. The van der Waals surface area contributed by atoms with Gasteiger partial charge < -0.3 is 15.5 Å². The van der Waals surface area contributed by atoms with Gasteiger partial charge in [-0.05, 0) is 31.4 Å². The molecular weight excluding hydrogens is 220 g/mol. The van der Waals surface area contributed by atoms with E-state index in [0.29, 0.717) is 12.2 Å². The third-order valence-corrected chi connectivity index (χ3v) is 3.04. The number of nitrogens with one attached hydrogen (secondary N) is 1. The summed E-state index contributed by atoms with van der Waals surface area (Å²) in [6.07, 6.45) is 2.47. The standard InChI is InChI=1S/C12H16N2O3/c1-2-9-5-8(11(16)17)6-10(13-9)14-12(7-15)3-4-12/h5-6,15H,2-4,7H2,1H3,(H,13,14)(H,16,17). The number of rotatable bonds is 5. The van der Waals surface area contributed by atoms with Crippen LogP contribution in [0.25, 0.3) is 0 Å². The van der Waals surface area contributed by atoms with Crippen molar-refractivity contribution >= 4 is 11.8 Å². The molecule has 92 valence electrons. The summed E-state index contributed by atoms with van der Waals surface area (Å²) in [7, 11) is 0. The number of aromatic carboxylic acids is 1. The van der Waals surface area contributed by atoms with Crippen LogP contribution in [0.4, 0.5) is 5.82 Å². The second-order valence-corrected chi connectivity index (χ2v) is 4.45. The number of hydrogen-bond acceptors (Lipinski definition) is 4. The molecule has 5 heteroatoms. The van der Waals surface area contributed by atoms with Crippen molar-refractivity contribution in [1.29, 1.82) is 0 Å². The maximum atomic E-state index is 11.0. The van der Waals surface area contributed by atoms with E-state index < -0.39 is 5.97 Å². The lowest BCUT2D eigenvalue weighted by molar-refractivity contribution is 0.0696. The minimum absolute atomic E-state index is 0.0490. The number of aryl methyl sites for hydroxylation is 1. The van der Waals surface area contributed by atoms with Crippen LogP contribution < -0.4 is 5.32 Å². The maximum Gasteiger partial charge on any atom is 0.335 e. The number of anilines is 1. The zero-order valence-corrected chi connectivity index (χ0v) is 9.73. The summed E-state index contributed by atoms with van der Waals surface area (Å²) in [5.74, 6) is -0.424. The lowest BCUT2D eigenvalue weighted by Gasteiger charge is -2.16. The van der Waals surface area contributed by atoms with E-state index in [0.717, 1.165) is 18.5 Å². The fourth-order valence-electron chi connectivity index (χ4n) is 1.70. The van der Waals surface area contributed by atoms with E-state index in [2.05, 4.69) is 10.3 Å². The molecule has 1 aromatic rings. The third-order valence-electron chi connectivity index (χ3n) is 3.04. The number of carboxylic acids is 1. The van der Waals surface area contributed by atoms with Crippen LogP contribution in [0.3, 0.4) is 0 Å².